The maximum Gasteiger partial charge on any atom is 0.200 e. The molecule has 0 aliphatic rings. The van der Waals surface area contributed by atoms with E-state index in [0.717, 1.165) is 0 Å². The molecule has 0 fully saturated rings. The number of nitrogens with one attached hydrogen (secondary N) is 1. The van der Waals surface area contributed by atoms with Crippen LogP contribution in [-0.4, -0.2) is 20.8 Å². The van der Waals surface area contributed by atoms with Crippen LogP contribution in [0.15, 0.2) is 57.9 Å². The summed E-state index contributed by atoms with van der Waals surface area (Å²) in [7, 11) is -2.87. The van der Waals surface area contributed by atoms with Gasteiger partial charge in [0, 0.05) is 11.3 Å². The Labute approximate surface area is 163 Å². The van der Waals surface area contributed by atoms with Gasteiger partial charge in [-0.15, -0.1) is 0 Å². The third-order valence-electron chi connectivity index (χ3n) is 3.77. The van der Waals surface area contributed by atoms with Gasteiger partial charge in [-0.25, -0.2) is 9.35 Å². The first-order chi connectivity index (χ1) is 13.0. The molecule has 0 aliphatic carbocycles. The van der Waals surface area contributed by atoms with Crippen LogP contribution in [0.4, 0.5) is 5.69 Å². The predicted octanol–water partition coefficient (Wildman–Crippen LogP) is 2.50. The second kappa shape index (κ2) is 7.17. The SMILES string of the molecule is C=S(N)(=O)Nc1ccc(-c2coc3cc(C#CC(C)(C)O)ccc3c2=O)cc1. The predicted molar refractivity (Wildman–Crippen MR) is 114 cm³/mol. The van der Waals surface area contributed by atoms with E-state index in [9.17, 15) is 14.1 Å². The molecule has 1 unspecified atom stereocenters. The lowest BCUT2D eigenvalue weighted by Crippen LogP contribution is -2.21. The van der Waals surface area contributed by atoms with Gasteiger partial charge >= 0.3 is 0 Å². The van der Waals surface area contributed by atoms with Gasteiger partial charge in [-0.3, -0.25) is 4.79 Å². The smallest absolute Gasteiger partial charge is 0.200 e. The molecule has 3 rings (SSSR count). The Hall–Kier alpha value is -3.05. The van der Waals surface area contributed by atoms with Crippen LogP contribution in [-0.2, 0) is 9.89 Å². The van der Waals surface area contributed by atoms with Crippen molar-refractivity contribution in [3.63, 3.8) is 0 Å². The van der Waals surface area contributed by atoms with Gasteiger partial charge in [0.25, 0.3) is 0 Å². The molecule has 28 heavy (non-hydrogen) atoms. The monoisotopic (exact) mass is 396 g/mol. The summed E-state index contributed by atoms with van der Waals surface area (Å²) in [6.07, 6.45) is 1.40. The number of benzene rings is 2. The molecule has 0 amide bonds. The lowest BCUT2D eigenvalue weighted by molar-refractivity contribution is 0.143. The Morgan fingerprint density at radius 2 is 1.89 bits per heavy atom. The van der Waals surface area contributed by atoms with E-state index in [1.165, 1.54) is 6.26 Å². The summed E-state index contributed by atoms with van der Waals surface area (Å²) in [4.78, 5) is 12.8. The highest BCUT2D eigenvalue weighted by Gasteiger charge is 2.10. The third kappa shape index (κ3) is 4.81. The molecule has 1 atom stereocenters. The molecule has 3 aromatic rings. The number of fused-ring (bicyclic) bond motifs is 1. The van der Waals surface area contributed by atoms with E-state index in [0.29, 0.717) is 33.3 Å². The van der Waals surface area contributed by atoms with Gasteiger partial charge in [0.15, 0.2) is 5.43 Å². The quantitative estimate of drug-likeness (QED) is 0.467. The Morgan fingerprint density at radius 1 is 1.21 bits per heavy atom. The number of anilines is 1. The van der Waals surface area contributed by atoms with E-state index in [2.05, 4.69) is 22.4 Å². The first kappa shape index (κ1) is 19.7. The van der Waals surface area contributed by atoms with Crippen molar-refractivity contribution in [1.29, 1.82) is 0 Å². The van der Waals surface area contributed by atoms with Gasteiger partial charge in [0.2, 0.25) is 0 Å². The summed E-state index contributed by atoms with van der Waals surface area (Å²) in [5, 5.41) is 15.5. The Balaban J connectivity index is 1.98. The zero-order valence-corrected chi connectivity index (χ0v) is 16.3. The molecule has 4 N–H and O–H groups in total. The molecule has 0 saturated carbocycles. The topological polar surface area (TPSA) is 106 Å². The summed E-state index contributed by atoms with van der Waals surface area (Å²) < 4.78 is 19.7. The fourth-order valence-corrected chi connectivity index (χ4v) is 3.08. The standard InChI is InChI=1S/C21H20N2O4S/c1-21(2,25)11-10-14-4-9-17-19(12-14)27-13-18(20(17)24)15-5-7-16(8-6-15)23-28(3,22)26/h4-9,12-13,25H,3H2,1-2H3,(H3,22,23,26). The van der Waals surface area contributed by atoms with Gasteiger partial charge in [-0.05, 0) is 55.6 Å². The fourth-order valence-electron chi connectivity index (χ4n) is 2.55. The zero-order valence-electron chi connectivity index (χ0n) is 15.5. The molecule has 144 valence electrons. The Bertz CT molecular complexity index is 1260. The fraction of sp³-hybridized carbons (Fsp3) is 0.143. The van der Waals surface area contributed by atoms with Crippen LogP contribution in [0.5, 0.6) is 0 Å². The number of nitrogens with two attached hydrogens (primary N) is 1. The minimum Gasteiger partial charge on any atom is -0.463 e. The highest BCUT2D eigenvalue weighted by atomic mass is 32.2. The summed E-state index contributed by atoms with van der Waals surface area (Å²) in [5.41, 5.74) is 1.35. The van der Waals surface area contributed by atoms with Crippen LogP contribution in [0.25, 0.3) is 22.1 Å². The van der Waals surface area contributed by atoms with Crippen molar-refractivity contribution in [1.82, 2.24) is 0 Å². The second-order valence-corrected chi connectivity index (χ2v) is 8.56. The maximum absolute atomic E-state index is 12.8. The number of aliphatic hydroxyl groups is 1. The largest absolute Gasteiger partial charge is 0.463 e. The van der Waals surface area contributed by atoms with Crippen molar-refractivity contribution in [3.05, 3.63) is 64.5 Å². The van der Waals surface area contributed by atoms with Crippen molar-refractivity contribution >= 4 is 32.4 Å². The maximum atomic E-state index is 12.8. The number of hydrogen-bond acceptors (Lipinski definition) is 4. The van der Waals surface area contributed by atoms with Crippen molar-refractivity contribution in [2.24, 2.45) is 5.14 Å². The molecule has 2 aromatic carbocycles. The lowest BCUT2D eigenvalue weighted by Gasteiger charge is -2.08. The molecular formula is C21H20N2O4S. The number of hydrogen-bond donors (Lipinski definition) is 3. The molecule has 0 saturated heterocycles. The highest BCUT2D eigenvalue weighted by molar-refractivity contribution is 7.99. The van der Waals surface area contributed by atoms with Crippen molar-refractivity contribution in [2.45, 2.75) is 19.4 Å². The minimum atomic E-state index is -2.87. The summed E-state index contributed by atoms with van der Waals surface area (Å²) in [5.74, 6) is 8.92. The molecule has 1 aromatic heterocycles. The third-order valence-corrected chi connectivity index (χ3v) is 4.36. The molecular weight excluding hydrogens is 376 g/mol. The summed E-state index contributed by atoms with van der Waals surface area (Å²) in [6.45, 7) is 3.19. The van der Waals surface area contributed by atoms with Crippen LogP contribution in [0.2, 0.25) is 0 Å². The van der Waals surface area contributed by atoms with Crippen molar-refractivity contribution < 1.29 is 13.7 Å². The van der Waals surface area contributed by atoms with E-state index in [-0.39, 0.29) is 5.43 Å². The van der Waals surface area contributed by atoms with Crippen molar-refractivity contribution in [3.8, 4) is 23.0 Å². The first-order valence-corrected chi connectivity index (χ1v) is 10.2. The van der Waals surface area contributed by atoms with E-state index in [1.807, 2.05) is 0 Å². The molecule has 1 heterocycles. The summed E-state index contributed by atoms with van der Waals surface area (Å²) in [6, 6.07) is 11.8. The lowest BCUT2D eigenvalue weighted by atomic mass is 10.0. The Kier molecular flexibility index (Phi) is 5.04. The number of rotatable bonds is 3. The average Bonchev–Trinajstić information content (AvgIpc) is 2.59. The van der Waals surface area contributed by atoms with E-state index in [1.54, 1.807) is 56.3 Å². The Morgan fingerprint density at radius 3 is 2.50 bits per heavy atom. The normalized spacial score (nSPS) is 13.4. The molecule has 0 aliphatic heterocycles. The van der Waals surface area contributed by atoms with Crippen LogP contribution < -0.4 is 15.3 Å². The van der Waals surface area contributed by atoms with E-state index < -0.39 is 15.5 Å². The van der Waals surface area contributed by atoms with Gasteiger partial charge < -0.3 is 14.2 Å². The van der Waals surface area contributed by atoms with Gasteiger partial charge in [-0.1, -0.05) is 24.0 Å². The molecule has 0 spiro atoms. The van der Waals surface area contributed by atoms with Crippen LogP contribution >= 0.6 is 0 Å². The average molecular weight is 396 g/mol. The molecule has 6 nitrogen and oxygen atoms in total. The van der Waals surface area contributed by atoms with E-state index >= 15 is 0 Å². The van der Waals surface area contributed by atoms with Crippen molar-refractivity contribution in [2.75, 3.05) is 4.72 Å². The minimum absolute atomic E-state index is 0.177. The first-order valence-electron chi connectivity index (χ1n) is 8.36. The van der Waals surface area contributed by atoms with Gasteiger partial charge in [-0.2, -0.15) is 0 Å². The molecule has 7 heteroatoms. The second-order valence-electron chi connectivity index (χ2n) is 6.90. The van der Waals surface area contributed by atoms with E-state index in [4.69, 9.17) is 9.56 Å². The molecule has 0 bridgehead atoms. The van der Waals surface area contributed by atoms with Crippen LogP contribution in [0.1, 0.15) is 19.4 Å². The zero-order chi connectivity index (χ0) is 20.5. The van der Waals surface area contributed by atoms with Gasteiger partial charge in [0.1, 0.15) is 27.3 Å². The van der Waals surface area contributed by atoms with Crippen LogP contribution in [0.3, 0.4) is 0 Å². The highest BCUT2D eigenvalue weighted by Crippen LogP contribution is 2.22. The summed E-state index contributed by atoms with van der Waals surface area (Å²) >= 11 is 0. The molecule has 0 radical (unpaired) electrons. The van der Waals surface area contributed by atoms with Gasteiger partial charge in [0.05, 0.1) is 10.9 Å². The van der Waals surface area contributed by atoms with Crippen LogP contribution in [0, 0.1) is 11.8 Å².